The van der Waals surface area contributed by atoms with Crippen LogP contribution in [0.3, 0.4) is 0 Å². The lowest BCUT2D eigenvalue weighted by Crippen LogP contribution is -2.36. The first-order valence-corrected chi connectivity index (χ1v) is 11.3. The monoisotopic (exact) mass is 472 g/mol. The summed E-state index contributed by atoms with van der Waals surface area (Å²) in [7, 11) is 0. The first-order chi connectivity index (χ1) is 16.9. The van der Waals surface area contributed by atoms with Gasteiger partial charge in [0.05, 0.1) is 18.1 Å². The minimum Gasteiger partial charge on any atom is -0.436 e. The number of aryl methyl sites for hydroxylation is 2. The molecule has 1 fully saturated rings. The predicted molar refractivity (Wildman–Crippen MR) is 133 cm³/mol. The molecule has 3 aromatic carbocycles. The Morgan fingerprint density at radius 1 is 1.09 bits per heavy atom. The highest BCUT2D eigenvalue weighted by Crippen LogP contribution is 2.31. The van der Waals surface area contributed by atoms with Gasteiger partial charge in [0, 0.05) is 36.0 Å². The van der Waals surface area contributed by atoms with Crippen molar-refractivity contribution in [3.05, 3.63) is 81.4 Å². The van der Waals surface area contributed by atoms with Crippen LogP contribution in [0.1, 0.15) is 21.5 Å². The molecule has 0 atom stereocenters. The van der Waals surface area contributed by atoms with Gasteiger partial charge in [0.25, 0.3) is 11.6 Å². The van der Waals surface area contributed by atoms with E-state index in [0.29, 0.717) is 49.1 Å². The van der Waals surface area contributed by atoms with E-state index in [1.54, 1.807) is 30.3 Å². The topological polar surface area (TPSA) is 111 Å². The number of amides is 1. The zero-order valence-corrected chi connectivity index (χ0v) is 19.4. The van der Waals surface area contributed by atoms with Crippen molar-refractivity contribution in [3.8, 4) is 11.5 Å². The van der Waals surface area contributed by atoms with Crippen LogP contribution in [0.4, 0.5) is 17.1 Å². The number of hydrogen-bond donors (Lipinski definition) is 1. The van der Waals surface area contributed by atoms with Crippen molar-refractivity contribution in [2.75, 3.05) is 36.5 Å². The Balaban J connectivity index is 1.40. The van der Waals surface area contributed by atoms with Crippen molar-refractivity contribution in [3.63, 3.8) is 0 Å². The highest BCUT2D eigenvalue weighted by molar-refractivity contribution is 6.05. The van der Waals surface area contributed by atoms with E-state index in [1.807, 2.05) is 36.9 Å². The van der Waals surface area contributed by atoms with Crippen molar-refractivity contribution in [1.29, 1.82) is 0 Å². The maximum atomic E-state index is 12.9. The Kier molecular flexibility index (Phi) is 5.92. The Labute approximate surface area is 201 Å². The lowest BCUT2D eigenvalue weighted by molar-refractivity contribution is -0.384. The fraction of sp³-hybridized carbons (Fsp3) is 0.231. The van der Waals surface area contributed by atoms with Gasteiger partial charge >= 0.3 is 0 Å². The number of nitrogens with zero attached hydrogens (tertiary/aromatic N) is 3. The number of nitrogens with one attached hydrogen (secondary N) is 1. The van der Waals surface area contributed by atoms with Crippen LogP contribution in [-0.4, -0.2) is 42.1 Å². The average Bonchev–Trinajstić information content (AvgIpc) is 3.29. The number of hydrogen-bond acceptors (Lipinski definition) is 7. The molecule has 0 saturated carbocycles. The van der Waals surface area contributed by atoms with Crippen LogP contribution < -0.4 is 10.2 Å². The van der Waals surface area contributed by atoms with E-state index in [1.165, 1.54) is 6.07 Å². The van der Waals surface area contributed by atoms with E-state index in [0.717, 1.165) is 22.2 Å². The van der Waals surface area contributed by atoms with Gasteiger partial charge in [-0.1, -0.05) is 12.1 Å². The Morgan fingerprint density at radius 3 is 2.66 bits per heavy atom. The predicted octanol–water partition coefficient (Wildman–Crippen LogP) is 5.11. The van der Waals surface area contributed by atoms with E-state index in [4.69, 9.17) is 9.15 Å². The third kappa shape index (κ3) is 4.58. The minimum absolute atomic E-state index is 0.106. The van der Waals surface area contributed by atoms with E-state index < -0.39 is 10.8 Å². The standard InChI is InChI=1S/C26H24N4O5/c1-16-12-17(2)24-21(13-16)28-26(35-24)19-4-3-5-20(14-19)27-25(31)18-6-7-22(23(15-18)30(32)33)29-8-10-34-11-9-29/h3-7,12-15H,8-11H2,1-2H3,(H,27,31). The number of ether oxygens (including phenoxy) is 1. The van der Waals surface area contributed by atoms with Crippen molar-refractivity contribution in [1.82, 2.24) is 4.98 Å². The molecule has 178 valence electrons. The summed E-state index contributed by atoms with van der Waals surface area (Å²) in [6, 6.07) is 15.7. The van der Waals surface area contributed by atoms with Gasteiger partial charge in [-0.2, -0.15) is 0 Å². The molecule has 0 unspecified atom stereocenters. The Bertz CT molecular complexity index is 1440. The molecule has 1 saturated heterocycles. The number of nitro groups is 1. The summed E-state index contributed by atoms with van der Waals surface area (Å²) in [6.45, 7) is 6.13. The van der Waals surface area contributed by atoms with Crippen LogP contribution in [0.15, 0.2) is 59.0 Å². The number of carbonyl (C=O) groups is 1. The molecule has 35 heavy (non-hydrogen) atoms. The zero-order valence-electron chi connectivity index (χ0n) is 19.4. The molecule has 5 rings (SSSR count). The molecule has 9 nitrogen and oxygen atoms in total. The first kappa shape index (κ1) is 22.5. The second kappa shape index (κ2) is 9.19. The van der Waals surface area contributed by atoms with Crippen molar-refractivity contribution >= 4 is 34.1 Å². The lowest BCUT2D eigenvalue weighted by Gasteiger charge is -2.28. The number of aromatic nitrogens is 1. The van der Waals surface area contributed by atoms with Crippen LogP contribution in [0, 0.1) is 24.0 Å². The molecule has 9 heteroatoms. The van der Waals surface area contributed by atoms with Crippen molar-refractivity contribution in [2.24, 2.45) is 0 Å². The molecule has 1 amide bonds. The molecule has 4 aromatic rings. The zero-order chi connectivity index (χ0) is 24.5. The molecule has 1 aromatic heterocycles. The van der Waals surface area contributed by atoms with E-state index >= 15 is 0 Å². The van der Waals surface area contributed by atoms with Gasteiger partial charge in [-0.3, -0.25) is 14.9 Å². The van der Waals surface area contributed by atoms with Crippen LogP contribution in [0.5, 0.6) is 0 Å². The number of rotatable bonds is 5. The molecule has 0 bridgehead atoms. The van der Waals surface area contributed by atoms with Gasteiger partial charge in [0.2, 0.25) is 5.89 Å². The fourth-order valence-corrected chi connectivity index (χ4v) is 4.32. The highest BCUT2D eigenvalue weighted by Gasteiger charge is 2.23. The number of anilines is 2. The largest absolute Gasteiger partial charge is 0.436 e. The fourth-order valence-electron chi connectivity index (χ4n) is 4.32. The summed E-state index contributed by atoms with van der Waals surface area (Å²) in [4.78, 5) is 30.7. The van der Waals surface area contributed by atoms with Crippen molar-refractivity contribution in [2.45, 2.75) is 13.8 Å². The summed E-state index contributed by atoms with van der Waals surface area (Å²) >= 11 is 0. The Hall–Kier alpha value is -4.24. The van der Waals surface area contributed by atoms with E-state index in [2.05, 4.69) is 10.3 Å². The number of nitro benzene ring substituents is 1. The summed E-state index contributed by atoms with van der Waals surface area (Å²) in [6.07, 6.45) is 0. The van der Waals surface area contributed by atoms with E-state index in [9.17, 15) is 14.9 Å². The maximum Gasteiger partial charge on any atom is 0.293 e. The maximum absolute atomic E-state index is 12.9. The highest BCUT2D eigenvalue weighted by atomic mass is 16.6. The third-order valence-corrected chi connectivity index (χ3v) is 5.97. The molecule has 1 aliphatic heterocycles. The van der Waals surface area contributed by atoms with Crippen molar-refractivity contribution < 1.29 is 18.9 Å². The quantitative estimate of drug-likeness (QED) is 0.317. The molecule has 0 spiro atoms. The van der Waals surface area contributed by atoms with E-state index in [-0.39, 0.29) is 11.3 Å². The molecule has 1 N–H and O–H groups in total. The molecule has 0 aliphatic carbocycles. The number of oxazole rings is 1. The Morgan fingerprint density at radius 2 is 1.89 bits per heavy atom. The normalized spacial score (nSPS) is 13.7. The van der Waals surface area contributed by atoms with Crippen LogP contribution >= 0.6 is 0 Å². The number of carbonyl (C=O) groups excluding carboxylic acids is 1. The summed E-state index contributed by atoms with van der Waals surface area (Å²) in [5.41, 5.74) is 5.44. The smallest absolute Gasteiger partial charge is 0.293 e. The number of morpholine rings is 1. The minimum atomic E-state index is -0.459. The molecule has 2 heterocycles. The van der Waals surface area contributed by atoms with Gasteiger partial charge in [-0.15, -0.1) is 0 Å². The first-order valence-electron chi connectivity index (χ1n) is 11.3. The number of benzene rings is 3. The van der Waals surface area contributed by atoms with Crippen LogP contribution in [-0.2, 0) is 4.74 Å². The van der Waals surface area contributed by atoms with Gasteiger partial charge in [0.1, 0.15) is 11.2 Å². The second-order valence-corrected chi connectivity index (χ2v) is 8.54. The SMILES string of the molecule is Cc1cc(C)c2oc(-c3cccc(NC(=O)c4ccc(N5CCOCC5)c([N+](=O)[O-])c4)c3)nc2c1. The second-order valence-electron chi connectivity index (χ2n) is 8.54. The molecule has 1 aliphatic rings. The third-order valence-electron chi connectivity index (χ3n) is 5.97. The average molecular weight is 473 g/mol. The summed E-state index contributed by atoms with van der Waals surface area (Å²) < 4.78 is 11.3. The van der Waals surface area contributed by atoms with Gasteiger partial charge in [-0.05, 0) is 61.4 Å². The van der Waals surface area contributed by atoms with Crippen LogP contribution in [0.2, 0.25) is 0 Å². The summed E-state index contributed by atoms with van der Waals surface area (Å²) in [5.74, 6) is 0.0121. The van der Waals surface area contributed by atoms with Crippen LogP contribution in [0.25, 0.3) is 22.6 Å². The molecule has 0 radical (unpaired) electrons. The van der Waals surface area contributed by atoms with Gasteiger partial charge < -0.3 is 19.4 Å². The van der Waals surface area contributed by atoms with Gasteiger partial charge in [-0.25, -0.2) is 4.98 Å². The lowest BCUT2D eigenvalue weighted by atomic mass is 10.1. The molecular weight excluding hydrogens is 448 g/mol. The molecular formula is C26H24N4O5. The summed E-state index contributed by atoms with van der Waals surface area (Å²) in [5, 5.41) is 14.5. The van der Waals surface area contributed by atoms with Gasteiger partial charge in [0.15, 0.2) is 5.58 Å². The number of fused-ring (bicyclic) bond motifs is 1.